The second-order valence-corrected chi connectivity index (χ2v) is 8.03. The maximum atomic E-state index is 12.3. The number of nitro benzene ring substituents is 1. The van der Waals surface area contributed by atoms with Gasteiger partial charge in [0.15, 0.2) is 4.34 Å². The highest BCUT2D eigenvalue weighted by Crippen LogP contribution is 2.26. The quantitative estimate of drug-likeness (QED) is 0.285. The third-order valence-corrected chi connectivity index (χ3v) is 5.82. The summed E-state index contributed by atoms with van der Waals surface area (Å²) in [5.74, 6) is -0.616. The normalized spacial score (nSPS) is 15.9. The highest BCUT2D eigenvalue weighted by Gasteiger charge is 2.21. The van der Waals surface area contributed by atoms with E-state index in [-0.39, 0.29) is 34.1 Å². The van der Waals surface area contributed by atoms with Crippen LogP contribution in [0.15, 0.2) is 28.6 Å². The van der Waals surface area contributed by atoms with Gasteiger partial charge in [-0.05, 0) is 18.9 Å². The molecule has 28 heavy (non-hydrogen) atoms. The molecule has 2 aromatic rings. The highest BCUT2D eigenvalue weighted by atomic mass is 32.2. The smallest absolute Gasteiger partial charge is 0.282 e. The van der Waals surface area contributed by atoms with Crippen LogP contribution in [0.25, 0.3) is 0 Å². The van der Waals surface area contributed by atoms with E-state index in [1.807, 2.05) is 0 Å². The highest BCUT2D eigenvalue weighted by molar-refractivity contribution is 8.01. The Morgan fingerprint density at radius 2 is 2.18 bits per heavy atom. The molecule has 2 amide bonds. The predicted molar refractivity (Wildman–Crippen MR) is 104 cm³/mol. The van der Waals surface area contributed by atoms with Crippen LogP contribution < -0.4 is 10.6 Å². The van der Waals surface area contributed by atoms with E-state index < -0.39 is 10.8 Å². The molecule has 2 N–H and O–H groups in total. The lowest BCUT2D eigenvalue weighted by atomic mass is 10.1. The second kappa shape index (κ2) is 9.57. The van der Waals surface area contributed by atoms with Crippen molar-refractivity contribution in [3.05, 3.63) is 39.9 Å². The molecule has 1 atom stereocenters. The Kier molecular flexibility index (Phi) is 6.90. The number of nitro groups is 1. The molecule has 148 valence electrons. The number of benzene rings is 1. The molecule has 0 aliphatic carbocycles. The first-order chi connectivity index (χ1) is 13.5. The number of rotatable bonds is 8. The fraction of sp³-hybridized carbons (Fsp3) is 0.375. The van der Waals surface area contributed by atoms with Crippen molar-refractivity contribution >= 4 is 45.7 Å². The van der Waals surface area contributed by atoms with Crippen molar-refractivity contribution in [2.24, 2.45) is 0 Å². The Balaban J connectivity index is 1.49. The average Bonchev–Trinajstić information content (AvgIpc) is 3.36. The van der Waals surface area contributed by atoms with Gasteiger partial charge in [-0.15, -0.1) is 10.2 Å². The molecule has 1 aromatic heterocycles. The topological polar surface area (TPSA) is 136 Å². The molecular weight excluding hydrogens is 406 g/mol. The number of amides is 2. The number of carbonyl (C=O) groups excluding carboxylic acids is 2. The van der Waals surface area contributed by atoms with Crippen LogP contribution in [0.2, 0.25) is 0 Å². The molecule has 2 heterocycles. The Bertz CT molecular complexity index is 869. The third-order valence-electron chi connectivity index (χ3n) is 3.85. The summed E-state index contributed by atoms with van der Waals surface area (Å²) in [6.45, 7) is 1.23. The molecule has 0 radical (unpaired) electrons. The summed E-state index contributed by atoms with van der Waals surface area (Å²) in [5.41, 5.74) is -0.354. The van der Waals surface area contributed by atoms with Gasteiger partial charge < -0.3 is 10.1 Å². The summed E-state index contributed by atoms with van der Waals surface area (Å²) >= 11 is 2.29. The minimum atomic E-state index is -0.644. The Hall–Kier alpha value is -2.57. The lowest BCUT2D eigenvalue weighted by Crippen LogP contribution is -2.32. The monoisotopic (exact) mass is 423 g/mol. The van der Waals surface area contributed by atoms with Gasteiger partial charge in [-0.25, -0.2) is 0 Å². The minimum Gasteiger partial charge on any atom is -0.376 e. The minimum absolute atomic E-state index is 0.0644. The zero-order valence-corrected chi connectivity index (χ0v) is 16.3. The van der Waals surface area contributed by atoms with E-state index in [1.54, 1.807) is 6.07 Å². The molecule has 12 heteroatoms. The lowest BCUT2D eigenvalue weighted by molar-refractivity contribution is -0.385. The number of nitrogens with zero attached hydrogens (tertiary/aromatic N) is 3. The Labute approximate surface area is 168 Å². The predicted octanol–water partition coefficient (Wildman–Crippen LogP) is 2.09. The van der Waals surface area contributed by atoms with E-state index in [0.29, 0.717) is 10.9 Å². The van der Waals surface area contributed by atoms with E-state index in [9.17, 15) is 19.7 Å². The number of hydrogen-bond donors (Lipinski definition) is 2. The van der Waals surface area contributed by atoms with Crippen LogP contribution in [0, 0.1) is 10.1 Å². The van der Waals surface area contributed by atoms with Crippen LogP contribution in [0.5, 0.6) is 0 Å². The summed E-state index contributed by atoms with van der Waals surface area (Å²) in [6, 6.07) is 5.64. The van der Waals surface area contributed by atoms with Crippen molar-refractivity contribution in [2.75, 3.05) is 24.2 Å². The van der Waals surface area contributed by atoms with E-state index >= 15 is 0 Å². The fourth-order valence-corrected chi connectivity index (χ4v) is 4.10. The van der Waals surface area contributed by atoms with Gasteiger partial charge in [-0.2, -0.15) is 0 Å². The van der Waals surface area contributed by atoms with Crippen LogP contribution in [0.1, 0.15) is 23.2 Å². The summed E-state index contributed by atoms with van der Waals surface area (Å²) in [5, 5.41) is 24.3. The number of ether oxygens (including phenoxy) is 1. The Morgan fingerprint density at radius 3 is 2.93 bits per heavy atom. The molecule has 0 unspecified atom stereocenters. The molecule has 10 nitrogen and oxygen atoms in total. The van der Waals surface area contributed by atoms with Gasteiger partial charge in [0.05, 0.1) is 16.8 Å². The number of carbonyl (C=O) groups is 2. The molecule has 1 aliphatic heterocycles. The lowest BCUT2D eigenvalue weighted by Gasteiger charge is -2.09. The van der Waals surface area contributed by atoms with Gasteiger partial charge in [0.25, 0.3) is 11.6 Å². The molecule has 0 bridgehead atoms. The number of nitrogens with one attached hydrogen (secondary N) is 2. The first-order valence-electron chi connectivity index (χ1n) is 8.42. The van der Waals surface area contributed by atoms with E-state index in [4.69, 9.17) is 4.74 Å². The van der Waals surface area contributed by atoms with Crippen LogP contribution in [-0.2, 0) is 9.53 Å². The Morgan fingerprint density at radius 1 is 1.36 bits per heavy atom. The second-order valence-electron chi connectivity index (χ2n) is 5.83. The first kappa shape index (κ1) is 20.2. The summed E-state index contributed by atoms with van der Waals surface area (Å²) < 4.78 is 5.95. The molecule has 1 saturated heterocycles. The summed E-state index contributed by atoms with van der Waals surface area (Å²) in [6.07, 6.45) is 2.05. The zero-order chi connectivity index (χ0) is 19.9. The van der Waals surface area contributed by atoms with E-state index in [2.05, 4.69) is 20.8 Å². The van der Waals surface area contributed by atoms with E-state index in [1.165, 1.54) is 30.0 Å². The van der Waals surface area contributed by atoms with Crippen molar-refractivity contribution in [2.45, 2.75) is 23.3 Å². The molecule has 1 aliphatic rings. The van der Waals surface area contributed by atoms with Gasteiger partial charge >= 0.3 is 0 Å². The first-order valence-corrected chi connectivity index (χ1v) is 10.2. The molecule has 1 aromatic carbocycles. The number of thioether (sulfide) groups is 1. The van der Waals surface area contributed by atoms with Gasteiger partial charge in [-0.3, -0.25) is 25.0 Å². The summed E-state index contributed by atoms with van der Waals surface area (Å²) in [7, 11) is 0. The molecule has 1 fully saturated rings. The van der Waals surface area contributed by atoms with Crippen molar-refractivity contribution in [3.8, 4) is 0 Å². The zero-order valence-electron chi connectivity index (χ0n) is 14.6. The molecule has 0 saturated carbocycles. The molecule has 0 spiro atoms. The average molecular weight is 423 g/mol. The van der Waals surface area contributed by atoms with Crippen LogP contribution in [0.3, 0.4) is 0 Å². The van der Waals surface area contributed by atoms with Crippen molar-refractivity contribution in [1.82, 2.24) is 15.5 Å². The molecule has 3 rings (SSSR count). The van der Waals surface area contributed by atoms with Gasteiger partial charge in [0.2, 0.25) is 11.0 Å². The fourth-order valence-electron chi connectivity index (χ4n) is 2.52. The van der Waals surface area contributed by atoms with Crippen LogP contribution in [0.4, 0.5) is 10.8 Å². The molecular formula is C16H17N5O5S2. The van der Waals surface area contributed by atoms with E-state index in [0.717, 1.165) is 30.8 Å². The van der Waals surface area contributed by atoms with Gasteiger partial charge in [0, 0.05) is 19.2 Å². The number of para-hydroxylation sites is 1. The van der Waals surface area contributed by atoms with Crippen LogP contribution >= 0.6 is 23.1 Å². The SMILES string of the molecule is O=C(CSc1nnc(NC(=O)c2ccccc2[N+](=O)[O-])s1)NC[C@@H]1CCCO1. The maximum absolute atomic E-state index is 12.3. The van der Waals surface area contributed by atoms with Crippen molar-refractivity contribution < 1.29 is 19.2 Å². The van der Waals surface area contributed by atoms with Crippen molar-refractivity contribution in [3.63, 3.8) is 0 Å². The van der Waals surface area contributed by atoms with Gasteiger partial charge in [0.1, 0.15) is 5.56 Å². The standard InChI is InChI=1S/C16H17N5O5S2/c22-13(17-8-10-4-3-7-26-10)9-27-16-20-19-15(28-16)18-14(23)11-5-1-2-6-12(11)21(24)25/h1-2,5-6,10H,3-4,7-9H2,(H,17,22)(H,18,19,23)/t10-/m0/s1. The number of aromatic nitrogens is 2. The number of anilines is 1. The van der Waals surface area contributed by atoms with Crippen LogP contribution in [-0.4, -0.2) is 51.9 Å². The number of hydrogen-bond acceptors (Lipinski definition) is 9. The maximum Gasteiger partial charge on any atom is 0.282 e. The third kappa shape index (κ3) is 5.47. The summed E-state index contributed by atoms with van der Waals surface area (Å²) in [4.78, 5) is 34.5. The van der Waals surface area contributed by atoms with Crippen molar-refractivity contribution in [1.29, 1.82) is 0 Å². The largest absolute Gasteiger partial charge is 0.376 e. The van der Waals surface area contributed by atoms with Gasteiger partial charge in [-0.1, -0.05) is 35.2 Å².